The topological polar surface area (TPSA) is 67.3 Å². The molecule has 2 aliphatic rings. The van der Waals surface area contributed by atoms with Gasteiger partial charge in [0.25, 0.3) is 5.91 Å². The monoisotopic (exact) mass is 384 g/mol. The van der Waals surface area contributed by atoms with Crippen LogP contribution >= 0.6 is 0 Å². The minimum atomic E-state index is -0.263. The van der Waals surface area contributed by atoms with Crippen molar-refractivity contribution in [3.05, 3.63) is 47.2 Å². The van der Waals surface area contributed by atoms with E-state index in [1.54, 1.807) is 12.1 Å². The maximum Gasteiger partial charge on any atom is 0.270 e. The molecule has 28 heavy (non-hydrogen) atoms. The van der Waals surface area contributed by atoms with Gasteiger partial charge in [-0.3, -0.25) is 4.79 Å². The minimum Gasteiger partial charge on any atom is -0.490 e. The van der Waals surface area contributed by atoms with Crippen LogP contribution in [0.4, 0.5) is 10.2 Å². The van der Waals surface area contributed by atoms with E-state index in [4.69, 9.17) is 9.72 Å². The normalized spacial score (nSPS) is 17.4. The largest absolute Gasteiger partial charge is 0.490 e. The van der Waals surface area contributed by atoms with Crippen LogP contribution < -0.4 is 15.0 Å². The SMILES string of the molecule is CC(C)c1nc2c(c(N3CCC(Oc4ccc(F)cc4)CC3)n1)CCNC2=O. The number of halogens is 1. The van der Waals surface area contributed by atoms with Gasteiger partial charge in [-0.05, 0) is 30.7 Å². The lowest BCUT2D eigenvalue weighted by Gasteiger charge is -2.35. The van der Waals surface area contributed by atoms with Gasteiger partial charge in [0.15, 0.2) is 0 Å². The molecule has 2 aromatic rings. The summed E-state index contributed by atoms with van der Waals surface area (Å²) in [6.45, 7) is 6.29. The van der Waals surface area contributed by atoms with Crippen LogP contribution in [0.3, 0.4) is 0 Å². The number of ether oxygens (including phenoxy) is 1. The summed E-state index contributed by atoms with van der Waals surface area (Å²) in [5, 5.41) is 2.88. The zero-order chi connectivity index (χ0) is 19.7. The molecular formula is C21H25FN4O2. The van der Waals surface area contributed by atoms with Crippen molar-refractivity contribution in [3.63, 3.8) is 0 Å². The van der Waals surface area contributed by atoms with E-state index < -0.39 is 0 Å². The van der Waals surface area contributed by atoms with Gasteiger partial charge >= 0.3 is 0 Å². The zero-order valence-electron chi connectivity index (χ0n) is 16.2. The molecular weight excluding hydrogens is 359 g/mol. The van der Waals surface area contributed by atoms with Crippen LogP contribution in [0.15, 0.2) is 24.3 Å². The fourth-order valence-electron chi connectivity index (χ4n) is 3.70. The first-order valence-electron chi connectivity index (χ1n) is 9.87. The first kappa shape index (κ1) is 18.7. The summed E-state index contributed by atoms with van der Waals surface area (Å²) in [5.74, 6) is 2.07. The van der Waals surface area contributed by atoms with Crippen molar-refractivity contribution in [2.75, 3.05) is 24.5 Å². The molecule has 1 N–H and O–H groups in total. The molecule has 1 fully saturated rings. The highest BCUT2D eigenvalue weighted by Gasteiger charge is 2.29. The molecule has 148 valence electrons. The lowest BCUT2D eigenvalue weighted by molar-refractivity contribution is 0.0939. The molecule has 0 unspecified atom stereocenters. The molecule has 3 heterocycles. The van der Waals surface area contributed by atoms with Gasteiger partial charge in [0.2, 0.25) is 0 Å². The third kappa shape index (κ3) is 3.79. The van der Waals surface area contributed by atoms with Crippen LogP contribution in [0.25, 0.3) is 0 Å². The third-order valence-corrected chi connectivity index (χ3v) is 5.25. The molecule has 0 saturated carbocycles. The van der Waals surface area contributed by atoms with Gasteiger partial charge < -0.3 is 15.0 Å². The highest BCUT2D eigenvalue weighted by atomic mass is 19.1. The molecule has 4 rings (SSSR count). The predicted octanol–water partition coefficient (Wildman–Crippen LogP) is 3.07. The number of fused-ring (bicyclic) bond motifs is 1. The zero-order valence-corrected chi connectivity index (χ0v) is 16.2. The average Bonchev–Trinajstić information content (AvgIpc) is 2.70. The molecule has 0 atom stereocenters. The van der Waals surface area contributed by atoms with Crippen molar-refractivity contribution in [2.45, 2.75) is 45.1 Å². The first-order chi connectivity index (χ1) is 13.5. The van der Waals surface area contributed by atoms with E-state index in [0.29, 0.717) is 23.8 Å². The molecule has 1 aromatic carbocycles. The second-order valence-electron chi connectivity index (χ2n) is 7.65. The number of anilines is 1. The molecule has 0 radical (unpaired) electrons. The van der Waals surface area contributed by atoms with Gasteiger partial charge in [0, 0.05) is 44.0 Å². The molecule has 7 heteroatoms. The number of rotatable bonds is 4. The lowest BCUT2D eigenvalue weighted by Crippen LogP contribution is -2.41. The number of hydrogen-bond acceptors (Lipinski definition) is 5. The highest BCUT2D eigenvalue weighted by molar-refractivity contribution is 5.96. The van der Waals surface area contributed by atoms with Crippen LogP contribution in [0.2, 0.25) is 0 Å². The molecule has 1 saturated heterocycles. The van der Waals surface area contributed by atoms with Gasteiger partial charge in [-0.2, -0.15) is 0 Å². The number of nitrogens with zero attached hydrogens (tertiary/aromatic N) is 3. The van der Waals surface area contributed by atoms with Gasteiger partial charge in [-0.1, -0.05) is 13.8 Å². The van der Waals surface area contributed by atoms with E-state index in [1.165, 1.54) is 12.1 Å². The maximum atomic E-state index is 13.1. The standard InChI is InChI=1S/C21H25FN4O2/c1-13(2)19-24-18-17(7-10-23-21(18)27)20(25-19)26-11-8-16(9-12-26)28-15-5-3-14(22)4-6-15/h3-6,13,16H,7-12H2,1-2H3,(H,23,27). The second-order valence-corrected chi connectivity index (χ2v) is 7.65. The van der Waals surface area contributed by atoms with E-state index in [9.17, 15) is 9.18 Å². The van der Waals surface area contributed by atoms with Crippen LogP contribution in [0.5, 0.6) is 5.75 Å². The van der Waals surface area contributed by atoms with Gasteiger partial charge in [0.1, 0.15) is 35.0 Å². The first-order valence-corrected chi connectivity index (χ1v) is 9.87. The predicted molar refractivity (Wildman–Crippen MR) is 104 cm³/mol. The minimum absolute atomic E-state index is 0.0900. The lowest BCUT2D eigenvalue weighted by atomic mass is 10.0. The van der Waals surface area contributed by atoms with Crippen molar-refractivity contribution in [3.8, 4) is 5.75 Å². The van der Waals surface area contributed by atoms with Crippen LogP contribution in [0, 0.1) is 5.82 Å². The Kier molecular flexibility index (Phi) is 5.15. The third-order valence-electron chi connectivity index (χ3n) is 5.25. The second kappa shape index (κ2) is 7.73. The summed E-state index contributed by atoms with van der Waals surface area (Å²) in [6, 6.07) is 6.15. The molecule has 6 nitrogen and oxygen atoms in total. The summed E-state index contributed by atoms with van der Waals surface area (Å²) in [6.07, 6.45) is 2.53. The Balaban J connectivity index is 1.51. The summed E-state index contributed by atoms with van der Waals surface area (Å²) in [5.41, 5.74) is 1.47. The number of piperidine rings is 1. The maximum absolute atomic E-state index is 13.1. The van der Waals surface area contributed by atoms with Gasteiger partial charge in [-0.15, -0.1) is 0 Å². The fourth-order valence-corrected chi connectivity index (χ4v) is 3.70. The van der Waals surface area contributed by atoms with E-state index in [2.05, 4.69) is 15.2 Å². The van der Waals surface area contributed by atoms with E-state index >= 15 is 0 Å². The molecule has 0 spiro atoms. The van der Waals surface area contributed by atoms with E-state index in [0.717, 1.165) is 43.7 Å². The smallest absolute Gasteiger partial charge is 0.270 e. The number of aromatic nitrogens is 2. The van der Waals surface area contributed by atoms with Gasteiger partial charge in [0.05, 0.1) is 0 Å². The van der Waals surface area contributed by atoms with Gasteiger partial charge in [-0.25, -0.2) is 14.4 Å². The Morgan fingerprint density at radius 2 is 1.89 bits per heavy atom. The van der Waals surface area contributed by atoms with Crippen LogP contribution in [-0.4, -0.2) is 41.6 Å². The van der Waals surface area contributed by atoms with Crippen molar-refractivity contribution >= 4 is 11.7 Å². The summed E-state index contributed by atoms with van der Waals surface area (Å²) in [4.78, 5) is 23.9. The van der Waals surface area contributed by atoms with E-state index in [-0.39, 0.29) is 23.7 Å². The van der Waals surface area contributed by atoms with Crippen LogP contribution in [-0.2, 0) is 6.42 Å². The number of amides is 1. The molecule has 0 bridgehead atoms. The van der Waals surface area contributed by atoms with E-state index in [1.807, 2.05) is 13.8 Å². The van der Waals surface area contributed by atoms with Crippen molar-refractivity contribution < 1.29 is 13.9 Å². The van der Waals surface area contributed by atoms with Crippen molar-refractivity contribution in [1.82, 2.24) is 15.3 Å². The Hall–Kier alpha value is -2.70. The Morgan fingerprint density at radius 1 is 1.18 bits per heavy atom. The number of benzene rings is 1. The summed E-state index contributed by atoms with van der Waals surface area (Å²) < 4.78 is 19.1. The molecule has 0 aliphatic carbocycles. The number of hydrogen-bond donors (Lipinski definition) is 1. The highest BCUT2D eigenvalue weighted by Crippen LogP contribution is 2.29. The Morgan fingerprint density at radius 3 is 2.57 bits per heavy atom. The quantitative estimate of drug-likeness (QED) is 0.878. The summed E-state index contributed by atoms with van der Waals surface area (Å²) in [7, 11) is 0. The molecule has 1 amide bonds. The average molecular weight is 384 g/mol. The fraction of sp³-hybridized carbons (Fsp3) is 0.476. The number of carbonyl (C=O) groups excluding carboxylic acids is 1. The molecule has 1 aromatic heterocycles. The summed E-state index contributed by atoms with van der Waals surface area (Å²) >= 11 is 0. The van der Waals surface area contributed by atoms with Crippen LogP contribution in [0.1, 0.15) is 54.5 Å². The van der Waals surface area contributed by atoms with Crippen molar-refractivity contribution in [1.29, 1.82) is 0 Å². The number of carbonyl (C=O) groups is 1. The molecule has 2 aliphatic heterocycles. The number of nitrogens with one attached hydrogen (secondary N) is 1. The Labute approximate surface area is 164 Å². The van der Waals surface area contributed by atoms with Crippen molar-refractivity contribution in [2.24, 2.45) is 0 Å². The Bertz CT molecular complexity index is 861.